The second-order valence-electron chi connectivity index (χ2n) is 6.90. The van der Waals surface area contributed by atoms with Crippen LogP contribution in [0.3, 0.4) is 0 Å². The van der Waals surface area contributed by atoms with E-state index >= 15 is 0 Å². The molecule has 142 valence electrons. The maximum Gasteiger partial charge on any atom is 0.335 e. The lowest BCUT2D eigenvalue weighted by atomic mass is 10.0. The van der Waals surface area contributed by atoms with Gasteiger partial charge in [-0.05, 0) is 12.5 Å². The minimum absolute atomic E-state index is 0.0186. The quantitative estimate of drug-likeness (QED) is 0.461. The Bertz CT molecular complexity index is 521. The summed E-state index contributed by atoms with van der Waals surface area (Å²) in [4.78, 5) is 23.0. The van der Waals surface area contributed by atoms with Crippen LogP contribution in [0.25, 0.3) is 0 Å². The van der Waals surface area contributed by atoms with Crippen molar-refractivity contribution < 1.29 is 14.3 Å². The van der Waals surface area contributed by atoms with Crippen LogP contribution in [0.1, 0.15) is 89.7 Å². The van der Waals surface area contributed by atoms with E-state index in [1.165, 1.54) is 63.9 Å². The van der Waals surface area contributed by atoms with Gasteiger partial charge in [-0.15, -0.1) is 0 Å². The van der Waals surface area contributed by atoms with Gasteiger partial charge in [0.2, 0.25) is 0 Å². The van der Waals surface area contributed by atoms with E-state index in [0.29, 0.717) is 12.2 Å². The summed E-state index contributed by atoms with van der Waals surface area (Å²) in [6.45, 7) is 2.24. The zero-order valence-electron chi connectivity index (χ0n) is 15.7. The summed E-state index contributed by atoms with van der Waals surface area (Å²) >= 11 is 0. The molecule has 1 atom stereocenters. The zero-order valence-corrected chi connectivity index (χ0v) is 15.7. The molecule has 1 N–H and O–H groups in total. The summed E-state index contributed by atoms with van der Waals surface area (Å²) < 4.78 is 4.92. The van der Waals surface area contributed by atoms with E-state index in [9.17, 15) is 14.7 Å². The number of ketones is 1. The number of rotatable bonds is 15. The summed E-state index contributed by atoms with van der Waals surface area (Å²) in [7, 11) is 0. The van der Waals surface area contributed by atoms with Gasteiger partial charge in [0, 0.05) is 6.07 Å². The topological polar surface area (TPSA) is 67.5 Å². The highest BCUT2D eigenvalue weighted by Crippen LogP contribution is 2.13. The van der Waals surface area contributed by atoms with Crippen molar-refractivity contribution in [2.45, 2.75) is 96.5 Å². The second-order valence-corrected chi connectivity index (χ2v) is 6.90. The molecular formula is C21H34O4. The largest absolute Gasteiger partial charge is 0.427 e. The fourth-order valence-corrected chi connectivity index (χ4v) is 2.98. The summed E-state index contributed by atoms with van der Waals surface area (Å²) in [6, 6.07) is 4.45. The van der Waals surface area contributed by atoms with Crippen LogP contribution < -0.4 is 5.63 Å². The third-order valence-corrected chi connectivity index (χ3v) is 4.55. The molecule has 1 unspecified atom stereocenters. The van der Waals surface area contributed by atoms with E-state index < -0.39 is 11.7 Å². The third kappa shape index (κ3) is 10.9. The van der Waals surface area contributed by atoms with Gasteiger partial charge >= 0.3 is 5.63 Å². The molecule has 0 amide bonds. The van der Waals surface area contributed by atoms with E-state index in [4.69, 9.17) is 4.42 Å². The number of aliphatic hydroxyl groups excluding tert-OH is 1. The Hall–Kier alpha value is -1.42. The van der Waals surface area contributed by atoms with Crippen LogP contribution in [0.5, 0.6) is 0 Å². The molecule has 0 aromatic carbocycles. The Morgan fingerprint density at radius 3 is 2.08 bits per heavy atom. The highest BCUT2D eigenvalue weighted by atomic mass is 16.4. The standard InChI is InChI=1S/C21H34O4/c1-2-3-4-5-6-7-8-9-10-11-12-15-19(22)20(23)17-18-14-13-16-21(24)25-18/h13-14,16,19,22H,2-12,15,17H2,1H3. The van der Waals surface area contributed by atoms with E-state index in [1.54, 1.807) is 12.1 Å². The Balaban J connectivity index is 2.00. The number of unbranched alkanes of at least 4 members (excludes halogenated alkanes) is 10. The molecule has 1 rings (SSSR count). The first-order chi connectivity index (χ1) is 12.1. The van der Waals surface area contributed by atoms with E-state index in [1.807, 2.05) is 0 Å². The number of carbonyl (C=O) groups is 1. The van der Waals surface area contributed by atoms with E-state index in [0.717, 1.165) is 12.8 Å². The Kier molecular flexibility index (Phi) is 12.0. The van der Waals surface area contributed by atoms with Gasteiger partial charge in [-0.1, -0.05) is 83.6 Å². The minimum Gasteiger partial charge on any atom is -0.427 e. The van der Waals surface area contributed by atoms with Gasteiger partial charge in [0.25, 0.3) is 0 Å². The van der Waals surface area contributed by atoms with Gasteiger partial charge in [0.1, 0.15) is 11.9 Å². The molecular weight excluding hydrogens is 316 g/mol. The molecule has 0 aliphatic carbocycles. The normalized spacial score (nSPS) is 12.2. The molecule has 0 saturated carbocycles. The van der Waals surface area contributed by atoms with Crippen LogP contribution in [0.2, 0.25) is 0 Å². The molecule has 0 spiro atoms. The Morgan fingerprint density at radius 1 is 0.960 bits per heavy atom. The molecule has 4 heteroatoms. The van der Waals surface area contributed by atoms with Crippen molar-refractivity contribution in [1.29, 1.82) is 0 Å². The average Bonchev–Trinajstić information content (AvgIpc) is 2.59. The molecule has 1 heterocycles. The number of hydrogen-bond donors (Lipinski definition) is 1. The van der Waals surface area contributed by atoms with Crippen LogP contribution in [0.4, 0.5) is 0 Å². The van der Waals surface area contributed by atoms with Crippen molar-refractivity contribution in [2.75, 3.05) is 0 Å². The Labute approximate surface area is 151 Å². The monoisotopic (exact) mass is 350 g/mol. The van der Waals surface area contributed by atoms with Gasteiger partial charge < -0.3 is 9.52 Å². The molecule has 0 aliphatic heterocycles. The van der Waals surface area contributed by atoms with Gasteiger partial charge in [-0.3, -0.25) is 4.79 Å². The van der Waals surface area contributed by atoms with E-state index in [-0.39, 0.29) is 12.2 Å². The van der Waals surface area contributed by atoms with Gasteiger partial charge in [-0.2, -0.15) is 0 Å². The summed E-state index contributed by atoms with van der Waals surface area (Å²) in [6.07, 6.45) is 13.2. The molecule has 0 aliphatic rings. The zero-order chi connectivity index (χ0) is 18.3. The van der Waals surface area contributed by atoms with Crippen molar-refractivity contribution in [2.24, 2.45) is 0 Å². The number of Topliss-reactive ketones (excluding diaryl/α,β-unsaturated/α-hetero) is 1. The van der Waals surface area contributed by atoms with Crippen LogP contribution in [0.15, 0.2) is 27.4 Å². The molecule has 25 heavy (non-hydrogen) atoms. The van der Waals surface area contributed by atoms with Crippen LogP contribution in [-0.2, 0) is 11.2 Å². The summed E-state index contributed by atoms with van der Waals surface area (Å²) in [5.41, 5.74) is -0.467. The number of hydrogen-bond acceptors (Lipinski definition) is 4. The van der Waals surface area contributed by atoms with Crippen molar-refractivity contribution in [3.8, 4) is 0 Å². The lowest BCUT2D eigenvalue weighted by molar-refractivity contribution is -0.127. The maximum atomic E-state index is 11.9. The first-order valence-electron chi connectivity index (χ1n) is 9.93. The van der Waals surface area contributed by atoms with Crippen LogP contribution in [-0.4, -0.2) is 17.0 Å². The van der Waals surface area contributed by atoms with Gasteiger partial charge in [-0.25, -0.2) is 4.79 Å². The van der Waals surface area contributed by atoms with Crippen LogP contribution >= 0.6 is 0 Å². The highest BCUT2D eigenvalue weighted by molar-refractivity contribution is 5.84. The Morgan fingerprint density at radius 2 is 1.52 bits per heavy atom. The van der Waals surface area contributed by atoms with Crippen molar-refractivity contribution in [3.63, 3.8) is 0 Å². The maximum absolute atomic E-state index is 11.9. The van der Waals surface area contributed by atoms with E-state index in [2.05, 4.69) is 6.92 Å². The molecule has 0 bridgehead atoms. The minimum atomic E-state index is -0.955. The lowest BCUT2D eigenvalue weighted by Gasteiger charge is -2.09. The first kappa shape index (κ1) is 21.6. The smallest absolute Gasteiger partial charge is 0.335 e. The van der Waals surface area contributed by atoms with Gasteiger partial charge in [0.15, 0.2) is 5.78 Å². The lowest BCUT2D eigenvalue weighted by Crippen LogP contribution is -2.22. The van der Waals surface area contributed by atoms with Crippen molar-refractivity contribution in [3.05, 3.63) is 34.4 Å². The van der Waals surface area contributed by atoms with Crippen molar-refractivity contribution >= 4 is 5.78 Å². The summed E-state index contributed by atoms with van der Waals surface area (Å²) in [5.74, 6) is 0.0388. The molecule has 0 saturated heterocycles. The van der Waals surface area contributed by atoms with Gasteiger partial charge in [0.05, 0.1) is 6.42 Å². The predicted molar refractivity (Wildman–Crippen MR) is 101 cm³/mol. The van der Waals surface area contributed by atoms with Crippen LogP contribution in [0, 0.1) is 0 Å². The molecule has 0 radical (unpaired) electrons. The molecule has 4 nitrogen and oxygen atoms in total. The fraction of sp³-hybridized carbons (Fsp3) is 0.714. The average molecular weight is 350 g/mol. The first-order valence-corrected chi connectivity index (χ1v) is 9.93. The molecule has 1 aromatic rings. The predicted octanol–water partition coefficient (Wildman–Crippen LogP) is 4.81. The number of aliphatic hydroxyl groups is 1. The fourth-order valence-electron chi connectivity index (χ4n) is 2.98. The second kappa shape index (κ2) is 13.8. The molecule has 1 aromatic heterocycles. The van der Waals surface area contributed by atoms with Crippen molar-refractivity contribution in [1.82, 2.24) is 0 Å². The number of carbonyl (C=O) groups excluding carboxylic acids is 1. The SMILES string of the molecule is CCCCCCCCCCCCCC(O)C(=O)Cc1cccc(=O)o1. The summed E-state index contributed by atoms with van der Waals surface area (Å²) in [5, 5.41) is 9.92. The third-order valence-electron chi connectivity index (χ3n) is 4.55. The highest BCUT2D eigenvalue weighted by Gasteiger charge is 2.16. The molecule has 0 fully saturated rings.